The van der Waals surface area contributed by atoms with Crippen molar-refractivity contribution >= 4 is 35.4 Å². The second kappa shape index (κ2) is 15.1. The van der Waals surface area contributed by atoms with Gasteiger partial charge in [0.05, 0.1) is 19.3 Å². The molecule has 0 bridgehead atoms. The number of nitrogens with zero attached hydrogens (tertiary/aromatic N) is 2. The van der Waals surface area contributed by atoms with E-state index in [0.717, 1.165) is 64.2 Å². The van der Waals surface area contributed by atoms with Crippen LogP contribution in [0.2, 0.25) is 0 Å². The van der Waals surface area contributed by atoms with Crippen LogP contribution in [-0.4, -0.2) is 108 Å². The van der Waals surface area contributed by atoms with Crippen LogP contribution in [0.25, 0.3) is 0 Å². The maximum Gasteiger partial charge on any atom is 0.316 e. The number of carbonyl (C=O) groups is 6. The fraction of sp³-hybridized carbons (Fsp3) is 0.850. The van der Waals surface area contributed by atoms with Crippen molar-refractivity contribution in [2.45, 2.75) is 155 Å². The second-order valence-corrected chi connectivity index (χ2v) is 18.5. The summed E-state index contributed by atoms with van der Waals surface area (Å²) in [5.41, 5.74) is -1.07. The maximum absolute atomic E-state index is 14.9. The molecule has 1 unspecified atom stereocenters. The molecule has 13 heteroatoms. The number of morpholine rings is 1. The number of likely N-dealkylation sites (tertiary alicyclic amines) is 1. The quantitative estimate of drug-likeness (QED) is 0.223. The van der Waals surface area contributed by atoms with E-state index >= 15 is 0 Å². The number of Topliss-reactive ketones (excluding diaryl/α,β-unsaturated/α-hetero) is 1. The topological polar surface area (TPSA) is 166 Å². The van der Waals surface area contributed by atoms with E-state index in [1.54, 1.807) is 9.80 Å². The van der Waals surface area contributed by atoms with Gasteiger partial charge in [0.25, 0.3) is 5.91 Å². The third-order valence-electron chi connectivity index (χ3n) is 14.1. The van der Waals surface area contributed by atoms with Crippen LogP contribution in [0.5, 0.6) is 0 Å². The maximum atomic E-state index is 14.9. The fourth-order valence-electron chi connectivity index (χ4n) is 10.5. The van der Waals surface area contributed by atoms with Gasteiger partial charge >= 0.3 is 6.03 Å². The Morgan fingerprint density at radius 3 is 2.04 bits per heavy atom. The van der Waals surface area contributed by atoms with Gasteiger partial charge in [-0.25, -0.2) is 4.79 Å². The average molecular weight is 741 g/mol. The van der Waals surface area contributed by atoms with Crippen LogP contribution >= 0.6 is 0 Å². The van der Waals surface area contributed by atoms with Gasteiger partial charge in [-0.05, 0) is 73.5 Å². The van der Waals surface area contributed by atoms with Gasteiger partial charge in [0, 0.05) is 31.1 Å². The number of ketones is 1. The predicted molar refractivity (Wildman–Crippen MR) is 198 cm³/mol. The summed E-state index contributed by atoms with van der Waals surface area (Å²) >= 11 is 0. The number of urea groups is 1. The summed E-state index contributed by atoms with van der Waals surface area (Å²) in [6.45, 7) is 14.3. The molecule has 0 aromatic carbocycles. The van der Waals surface area contributed by atoms with Gasteiger partial charge < -0.3 is 35.8 Å². The first kappa shape index (κ1) is 39.5. The molecule has 6 rings (SSSR count). The smallest absolute Gasteiger partial charge is 0.316 e. The Morgan fingerprint density at radius 1 is 0.830 bits per heavy atom. The number of hydrogen-bond acceptors (Lipinski definition) is 7. The molecule has 0 aromatic heterocycles. The van der Waals surface area contributed by atoms with Gasteiger partial charge in [-0.2, -0.15) is 0 Å². The number of rotatable bonds is 12. The Labute approximate surface area is 315 Å². The summed E-state index contributed by atoms with van der Waals surface area (Å²) in [4.78, 5) is 86.6. The van der Waals surface area contributed by atoms with Crippen molar-refractivity contribution < 1.29 is 33.5 Å². The van der Waals surface area contributed by atoms with E-state index in [1.165, 1.54) is 0 Å². The Kier molecular flexibility index (Phi) is 11.3. The van der Waals surface area contributed by atoms with Gasteiger partial charge in [0.15, 0.2) is 0 Å². The lowest BCUT2D eigenvalue weighted by molar-refractivity contribution is -0.144. The third kappa shape index (κ3) is 7.44. The Morgan fingerprint density at radius 2 is 1.49 bits per heavy atom. The van der Waals surface area contributed by atoms with Crippen LogP contribution in [0.3, 0.4) is 0 Å². The molecule has 2 heterocycles. The molecular weight excluding hydrogens is 676 g/mol. The van der Waals surface area contributed by atoms with Gasteiger partial charge in [-0.3, -0.25) is 24.0 Å². The van der Waals surface area contributed by atoms with Crippen molar-refractivity contribution in [1.82, 2.24) is 31.1 Å². The standard InChI is InChI=1S/C40H64N6O7/c1-7-12-27(30(47)33(49)41-26-15-16-26)42-32(48)28-23-40(38(5,6)39(40)17-11-18-39)24-46(28)35(51)31(37(2,3)4)44-36(52)43-29(25-13-9-8-10-14-25)34(50)45-19-21-53-22-20-45/h25-29,31H,7-24H2,1-6H3,(H,41,49)(H,42,48)(H2,43,44,52)/t27?,28-,29-,31+,40+/m0/s1. The first-order chi connectivity index (χ1) is 25.1. The van der Waals surface area contributed by atoms with Crippen LogP contribution in [0.1, 0.15) is 125 Å². The minimum Gasteiger partial charge on any atom is -0.378 e. The molecule has 6 amide bonds. The molecule has 2 saturated heterocycles. The van der Waals surface area contributed by atoms with E-state index in [0.29, 0.717) is 52.1 Å². The number of ether oxygens (including phenoxy) is 1. The third-order valence-corrected chi connectivity index (χ3v) is 14.1. The van der Waals surface area contributed by atoms with Crippen LogP contribution in [0, 0.1) is 27.6 Å². The largest absolute Gasteiger partial charge is 0.378 e. The first-order valence-electron chi connectivity index (χ1n) is 20.5. The van der Waals surface area contributed by atoms with E-state index in [-0.39, 0.29) is 40.0 Å². The molecule has 5 atom stereocenters. The van der Waals surface area contributed by atoms with Gasteiger partial charge in [0.1, 0.15) is 18.1 Å². The zero-order valence-corrected chi connectivity index (χ0v) is 32.9. The molecule has 2 spiro atoms. The SMILES string of the molecule is CCCC(NC(=O)[C@@H]1C[C@@]2(CN1C(=O)[C@@H](NC(=O)N[C@H](C(=O)N1CCOCC1)C1CCCCC1)C(C)(C)C)C(C)(C)C21CCC1)C(=O)C(=O)NC1CC1. The van der Waals surface area contributed by atoms with Crippen LogP contribution < -0.4 is 21.3 Å². The van der Waals surface area contributed by atoms with Crippen molar-refractivity contribution in [2.24, 2.45) is 27.6 Å². The Balaban J connectivity index is 1.23. The summed E-state index contributed by atoms with van der Waals surface area (Å²) in [6, 6.07) is -4.15. The number of amides is 6. The molecule has 296 valence electrons. The predicted octanol–water partition coefficient (Wildman–Crippen LogP) is 3.44. The van der Waals surface area contributed by atoms with E-state index in [2.05, 4.69) is 35.1 Å². The lowest BCUT2D eigenvalue weighted by atomic mass is 9.73. The molecule has 6 aliphatic rings. The number of nitrogens with one attached hydrogen (secondary N) is 4. The molecule has 0 radical (unpaired) electrons. The van der Waals surface area contributed by atoms with E-state index in [9.17, 15) is 28.8 Å². The number of hydrogen-bond donors (Lipinski definition) is 4. The second-order valence-electron chi connectivity index (χ2n) is 18.5. The first-order valence-corrected chi connectivity index (χ1v) is 20.5. The monoisotopic (exact) mass is 740 g/mol. The van der Waals surface area contributed by atoms with Gasteiger partial charge in [-0.15, -0.1) is 0 Å². The summed E-state index contributed by atoms with van der Waals surface area (Å²) in [5, 5.41) is 11.7. The van der Waals surface area contributed by atoms with Crippen molar-refractivity contribution in [3.8, 4) is 0 Å². The highest BCUT2D eigenvalue weighted by molar-refractivity contribution is 6.38. The molecule has 0 aromatic rings. The van der Waals surface area contributed by atoms with E-state index < -0.39 is 53.2 Å². The Bertz CT molecular complexity index is 1440. The zero-order valence-electron chi connectivity index (χ0n) is 32.9. The van der Waals surface area contributed by atoms with E-state index in [4.69, 9.17) is 4.74 Å². The van der Waals surface area contributed by atoms with E-state index in [1.807, 2.05) is 27.7 Å². The van der Waals surface area contributed by atoms with Crippen molar-refractivity contribution in [3.63, 3.8) is 0 Å². The molecule has 13 nitrogen and oxygen atoms in total. The van der Waals surface area contributed by atoms with Crippen molar-refractivity contribution in [3.05, 3.63) is 0 Å². The number of fused-ring (bicyclic) bond motifs is 1. The highest BCUT2D eigenvalue weighted by Crippen LogP contribution is 2.88. The number of carbonyl (C=O) groups excluding carboxylic acids is 6. The van der Waals surface area contributed by atoms with Gasteiger partial charge in [-0.1, -0.05) is 73.6 Å². The zero-order chi connectivity index (χ0) is 38.3. The Hall–Kier alpha value is -3.22. The molecule has 6 fully saturated rings. The van der Waals surface area contributed by atoms with Crippen LogP contribution in [-0.2, 0) is 28.7 Å². The van der Waals surface area contributed by atoms with Crippen LogP contribution in [0.4, 0.5) is 4.79 Å². The van der Waals surface area contributed by atoms with Crippen molar-refractivity contribution in [1.29, 1.82) is 0 Å². The summed E-state index contributed by atoms with van der Waals surface area (Å²) in [5.74, 6) is -2.26. The molecular formula is C40H64N6O7. The highest BCUT2D eigenvalue weighted by atomic mass is 16.5. The molecule has 4 aliphatic carbocycles. The van der Waals surface area contributed by atoms with Crippen molar-refractivity contribution in [2.75, 3.05) is 32.8 Å². The van der Waals surface area contributed by atoms with Crippen LogP contribution in [0.15, 0.2) is 0 Å². The molecule has 4 N–H and O–H groups in total. The minimum absolute atomic E-state index is 0.000970. The summed E-state index contributed by atoms with van der Waals surface area (Å²) in [7, 11) is 0. The fourth-order valence-corrected chi connectivity index (χ4v) is 10.5. The highest BCUT2D eigenvalue weighted by Gasteiger charge is 2.85. The minimum atomic E-state index is -1.00. The lowest BCUT2D eigenvalue weighted by Crippen LogP contribution is -2.62. The normalized spacial score (nSPS) is 28.0. The lowest BCUT2D eigenvalue weighted by Gasteiger charge is -2.38. The summed E-state index contributed by atoms with van der Waals surface area (Å²) in [6.07, 6.45) is 11.0. The molecule has 2 aliphatic heterocycles. The molecule has 53 heavy (non-hydrogen) atoms. The van der Waals surface area contributed by atoms with Gasteiger partial charge in [0.2, 0.25) is 23.5 Å². The molecule has 4 saturated carbocycles. The summed E-state index contributed by atoms with van der Waals surface area (Å²) < 4.78 is 5.47. The average Bonchev–Trinajstić information content (AvgIpc) is 3.94.